The van der Waals surface area contributed by atoms with E-state index >= 15 is 0 Å². The van der Waals surface area contributed by atoms with Crippen molar-refractivity contribution in [2.24, 2.45) is 0 Å². The van der Waals surface area contributed by atoms with E-state index in [0.29, 0.717) is 5.04 Å². The lowest BCUT2D eigenvalue weighted by atomic mass is 10.1. The molecule has 0 bridgehead atoms. The number of unbranched alkanes of at least 4 members (excludes halogenated alkanes) is 2. The number of aryl methyl sites for hydroxylation is 1. The highest BCUT2D eigenvalue weighted by atomic mass is 28.4. The third-order valence-corrected chi connectivity index (χ3v) is 8.67. The van der Waals surface area contributed by atoms with Crippen molar-refractivity contribution in [2.75, 3.05) is 6.61 Å². The van der Waals surface area contributed by atoms with Gasteiger partial charge in [-0.05, 0) is 55.1 Å². The summed E-state index contributed by atoms with van der Waals surface area (Å²) in [5.74, 6) is 0. The number of nitrogens with zero attached hydrogens (tertiary/aromatic N) is 1. The van der Waals surface area contributed by atoms with Crippen molar-refractivity contribution in [2.45, 2.75) is 64.6 Å². The maximum Gasteiger partial charge on any atom is 0.191 e. The minimum Gasteiger partial charge on any atom is -0.417 e. The van der Waals surface area contributed by atoms with E-state index in [1.54, 1.807) is 0 Å². The van der Waals surface area contributed by atoms with Gasteiger partial charge in [-0.25, -0.2) is 0 Å². The molecule has 1 aromatic rings. The molecule has 3 heteroatoms. The van der Waals surface area contributed by atoms with Crippen LogP contribution in [0.5, 0.6) is 0 Å². The van der Waals surface area contributed by atoms with Crippen molar-refractivity contribution >= 4 is 8.32 Å². The second-order valence-corrected chi connectivity index (χ2v) is 11.6. The molecule has 0 N–H and O–H groups in total. The zero-order valence-corrected chi connectivity index (χ0v) is 14.2. The van der Waals surface area contributed by atoms with Crippen molar-refractivity contribution in [1.82, 2.24) is 4.98 Å². The maximum atomic E-state index is 6.18. The molecule has 19 heavy (non-hydrogen) atoms. The molecule has 1 rings (SSSR count). The highest BCUT2D eigenvalue weighted by Crippen LogP contribution is 2.36. The number of hydrogen-bond donors (Lipinski definition) is 0. The molecular weight excluding hydrogens is 250 g/mol. The first-order chi connectivity index (χ1) is 8.83. The first kappa shape index (κ1) is 16.4. The summed E-state index contributed by atoms with van der Waals surface area (Å²) >= 11 is 0. The van der Waals surface area contributed by atoms with Gasteiger partial charge < -0.3 is 4.43 Å². The van der Waals surface area contributed by atoms with Gasteiger partial charge in [-0.15, -0.1) is 0 Å². The minimum atomic E-state index is -1.54. The van der Waals surface area contributed by atoms with Crippen LogP contribution in [0.15, 0.2) is 24.5 Å². The molecule has 0 atom stereocenters. The van der Waals surface area contributed by atoms with Gasteiger partial charge in [0.25, 0.3) is 0 Å². The smallest absolute Gasteiger partial charge is 0.191 e. The van der Waals surface area contributed by atoms with Gasteiger partial charge in [0.1, 0.15) is 0 Å². The quantitative estimate of drug-likeness (QED) is 0.527. The lowest BCUT2D eigenvalue weighted by Crippen LogP contribution is -2.40. The molecule has 0 radical (unpaired) electrons. The van der Waals surface area contributed by atoms with Gasteiger partial charge in [0.05, 0.1) is 0 Å². The van der Waals surface area contributed by atoms with Crippen molar-refractivity contribution in [1.29, 1.82) is 0 Å². The highest BCUT2D eigenvalue weighted by Gasteiger charge is 2.36. The Bertz CT molecular complexity index is 357. The Morgan fingerprint density at radius 2 is 1.68 bits per heavy atom. The summed E-state index contributed by atoms with van der Waals surface area (Å²) in [6.45, 7) is 12.5. The second kappa shape index (κ2) is 7.20. The van der Waals surface area contributed by atoms with E-state index < -0.39 is 8.32 Å². The van der Waals surface area contributed by atoms with E-state index in [2.05, 4.69) is 51.0 Å². The standard InChI is InChI=1S/C16H29NOSi/c1-16(2,3)19(4,5)18-14-8-6-7-9-15-10-12-17-13-11-15/h10-13H,6-9,14H2,1-5H3. The summed E-state index contributed by atoms with van der Waals surface area (Å²) in [5.41, 5.74) is 1.39. The Hall–Kier alpha value is -0.673. The minimum absolute atomic E-state index is 0.323. The summed E-state index contributed by atoms with van der Waals surface area (Å²) in [5, 5.41) is 0.323. The maximum absolute atomic E-state index is 6.18. The molecule has 108 valence electrons. The number of hydrogen-bond acceptors (Lipinski definition) is 2. The summed E-state index contributed by atoms with van der Waals surface area (Å²) in [7, 11) is -1.54. The molecule has 0 aliphatic rings. The second-order valence-electron chi connectivity index (χ2n) is 6.77. The Morgan fingerprint density at radius 3 is 2.26 bits per heavy atom. The molecule has 0 saturated carbocycles. The van der Waals surface area contributed by atoms with Crippen LogP contribution in [0.3, 0.4) is 0 Å². The Kier molecular flexibility index (Phi) is 6.21. The largest absolute Gasteiger partial charge is 0.417 e. The summed E-state index contributed by atoms with van der Waals surface area (Å²) in [6.07, 6.45) is 8.56. The van der Waals surface area contributed by atoms with E-state index in [9.17, 15) is 0 Å². The molecule has 0 amide bonds. The van der Waals surface area contributed by atoms with Gasteiger partial charge in [-0.3, -0.25) is 4.98 Å². The normalized spacial score (nSPS) is 12.7. The Balaban J connectivity index is 2.12. The Morgan fingerprint density at radius 1 is 1.05 bits per heavy atom. The number of pyridine rings is 1. The van der Waals surface area contributed by atoms with Crippen LogP contribution in [0, 0.1) is 0 Å². The van der Waals surface area contributed by atoms with E-state index in [1.165, 1.54) is 24.8 Å². The molecule has 0 unspecified atom stereocenters. The first-order valence-electron chi connectivity index (χ1n) is 7.36. The average Bonchev–Trinajstić information content (AvgIpc) is 2.33. The monoisotopic (exact) mass is 279 g/mol. The van der Waals surface area contributed by atoms with Crippen molar-refractivity contribution in [3.05, 3.63) is 30.1 Å². The fraction of sp³-hybridized carbons (Fsp3) is 0.688. The number of aromatic nitrogens is 1. The van der Waals surface area contributed by atoms with Crippen LogP contribution < -0.4 is 0 Å². The zero-order valence-electron chi connectivity index (χ0n) is 13.2. The van der Waals surface area contributed by atoms with Gasteiger partial charge >= 0.3 is 0 Å². The fourth-order valence-electron chi connectivity index (χ4n) is 1.70. The third-order valence-electron chi connectivity index (χ3n) is 4.13. The van der Waals surface area contributed by atoms with Crippen molar-refractivity contribution in [3.8, 4) is 0 Å². The van der Waals surface area contributed by atoms with Crippen LogP contribution in [0.4, 0.5) is 0 Å². The fourth-order valence-corrected chi connectivity index (χ4v) is 2.79. The summed E-state index contributed by atoms with van der Waals surface area (Å²) in [6, 6.07) is 4.21. The van der Waals surface area contributed by atoms with Crippen molar-refractivity contribution in [3.63, 3.8) is 0 Å². The lowest BCUT2D eigenvalue weighted by Gasteiger charge is -2.36. The molecule has 0 spiro atoms. The lowest BCUT2D eigenvalue weighted by molar-refractivity contribution is 0.278. The van der Waals surface area contributed by atoms with Gasteiger partial charge in [-0.1, -0.05) is 27.2 Å². The molecule has 0 fully saturated rings. The molecule has 0 aliphatic heterocycles. The SMILES string of the molecule is CC(C)(C)[Si](C)(C)OCCCCCc1ccncc1. The molecule has 0 saturated heterocycles. The molecule has 0 aliphatic carbocycles. The van der Waals surface area contributed by atoms with Crippen molar-refractivity contribution < 1.29 is 4.43 Å². The van der Waals surface area contributed by atoms with E-state index in [4.69, 9.17) is 4.43 Å². The molecule has 2 nitrogen and oxygen atoms in total. The van der Waals surface area contributed by atoms with Crippen LogP contribution in [0.25, 0.3) is 0 Å². The van der Waals surface area contributed by atoms with Crippen LogP contribution in [0.1, 0.15) is 45.6 Å². The van der Waals surface area contributed by atoms with Crippen LogP contribution in [0.2, 0.25) is 18.1 Å². The van der Waals surface area contributed by atoms with Gasteiger partial charge in [0.2, 0.25) is 0 Å². The average molecular weight is 279 g/mol. The number of rotatable bonds is 7. The predicted molar refractivity (Wildman–Crippen MR) is 84.9 cm³/mol. The molecule has 1 heterocycles. The molecule has 1 aromatic heterocycles. The summed E-state index contributed by atoms with van der Waals surface area (Å²) < 4.78 is 6.18. The van der Waals surface area contributed by atoms with E-state index in [0.717, 1.165) is 13.0 Å². The van der Waals surface area contributed by atoms with E-state index in [-0.39, 0.29) is 0 Å². The topological polar surface area (TPSA) is 22.1 Å². The van der Waals surface area contributed by atoms with Gasteiger partial charge in [0.15, 0.2) is 8.32 Å². The first-order valence-corrected chi connectivity index (χ1v) is 10.3. The highest BCUT2D eigenvalue weighted by molar-refractivity contribution is 6.74. The van der Waals surface area contributed by atoms with Gasteiger partial charge in [0, 0.05) is 19.0 Å². The third kappa shape index (κ3) is 5.87. The molecule has 0 aromatic carbocycles. The summed E-state index contributed by atoms with van der Waals surface area (Å²) in [4.78, 5) is 4.04. The van der Waals surface area contributed by atoms with E-state index in [1.807, 2.05) is 12.4 Å². The predicted octanol–water partition coefficient (Wildman–Crippen LogP) is 4.82. The van der Waals surface area contributed by atoms with Crippen LogP contribution >= 0.6 is 0 Å². The molecular formula is C16H29NOSi. The zero-order chi connectivity index (χ0) is 14.4. The van der Waals surface area contributed by atoms with Crippen LogP contribution in [-0.4, -0.2) is 19.9 Å². The van der Waals surface area contributed by atoms with Crippen LogP contribution in [-0.2, 0) is 10.8 Å². The van der Waals surface area contributed by atoms with Gasteiger partial charge in [-0.2, -0.15) is 0 Å². The Labute approximate surface area is 119 Å².